The van der Waals surface area contributed by atoms with E-state index in [0.717, 1.165) is 28.0 Å². The van der Waals surface area contributed by atoms with Crippen LogP contribution in [0, 0.1) is 0 Å². The first kappa shape index (κ1) is 17.7. The highest BCUT2D eigenvalue weighted by molar-refractivity contribution is 7.91. The Morgan fingerprint density at radius 3 is 2.62 bits per heavy atom. The number of ether oxygens (including phenoxy) is 1. The van der Waals surface area contributed by atoms with E-state index >= 15 is 0 Å². The Bertz CT molecular complexity index is 1020. The van der Waals surface area contributed by atoms with Gasteiger partial charge in [-0.1, -0.05) is 29.8 Å². The number of thiophene rings is 1. The normalized spacial score (nSPS) is 16.8. The summed E-state index contributed by atoms with van der Waals surface area (Å²) in [4.78, 5) is 4.40. The Morgan fingerprint density at radius 1 is 1.12 bits per heavy atom. The first-order chi connectivity index (χ1) is 12.5. The van der Waals surface area contributed by atoms with E-state index in [-0.39, 0.29) is 6.10 Å². The highest BCUT2D eigenvalue weighted by Crippen LogP contribution is 2.31. The van der Waals surface area contributed by atoms with Crippen LogP contribution in [0.3, 0.4) is 0 Å². The van der Waals surface area contributed by atoms with Gasteiger partial charge in [-0.05, 0) is 37.1 Å². The number of piperidine rings is 1. The number of sulfonamides is 1. The highest BCUT2D eigenvalue weighted by Gasteiger charge is 2.31. The van der Waals surface area contributed by atoms with E-state index in [1.54, 1.807) is 18.3 Å². The second-order valence-electron chi connectivity index (χ2n) is 6.11. The van der Waals surface area contributed by atoms with E-state index in [1.165, 1.54) is 4.31 Å². The molecule has 8 heteroatoms. The molecule has 0 radical (unpaired) electrons. The molecular formula is C18H17ClN2O3S2. The van der Waals surface area contributed by atoms with Gasteiger partial charge in [0, 0.05) is 24.7 Å². The molecular weight excluding hydrogens is 392 g/mol. The number of hydrogen-bond acceptors (Lipinski definition) is 5. The summed E-state index contributed by atoms with van der Waals surface area (Å²) in [6.07, 6.45) is 3.00. The smallest absolute Gasteiger partial charge is 0.252 e. The predicted octanol–water partition coefficient (Wildman–Crippen LogP) is 4.18. The molecule has 0 atom stereocenters. The minimum atomic E-state index is -3.47. The van der Waals surface area contributed by atoms with Gasteiger partial charge in [-0.3, -0.25) is 4.98 Å². The summed E-state index contributed by atoms with van der Waals surface area (Å²) < 4.78 is 33.8. The van der Waals surface area contributed by atoms with Crippen LogP contribution in [0.5, 0.6) is 5.75 Å². The van der Waals surface area contributed by atoms with E-state index in [9.17, 15) is 8.42 Å². The molecule has 5 nitrogen and oxygen atoms in total. The molecule has 3 heterocycles. The second kappa shape index (κ2) is 7.15. The van der Waals surface area contributed by atoms with Crippen LogP contribution in [0.1, 0.15) is 12.8 Å². The van der Waals surface area contributed by atoms with Crippen LogP contribution < -0.4 is 4.74 Å². The maximum Gasteiger partial charge on any atom is 0.252 e. The first-order valence-electron chi connectivity index (χ1n) is 8.30. The molecule has 0 amide bonds. The van der Waals surface area contributed by atoms with Gasteiger partial charge in [0.15, 0.2) is 0 Å². The molecule has 0 spiro atoms. The summed E-state index contributed by atoms with van der Waals surface area (Å²) in [7, 11) is -3.47. The molecule has 2 aromatic heterocycles. The number of fused-ring (bicyclic) bond motifs is 1. The Balaban J connectivity index is 1.45. The van der Waals surface area contributed by atoms with Crippen LogP contribution in [0.2, 0.25) is 4.34 Å². The van der Waals surface area contributed by atoms with Crippen LogP contribution >= 0.6 is 22.9 Å². The lowest BCUT2D eigenvalue weighted by Gasteiger charge is -2.31. The quantitative estimate of drug-likeness (QED) is 0.649. The van der Waals surface area contributed by atoms with E-state index in [2.05, 4.69) is 4.98 Å². The molecule has 26 heavy (non-hydrogen) atoms. The summed E-state index contributed by atoms with van der Waals surface area (Å²) in [6, 6.07) is 12.9. The minimum Gasteiger partial charge on any atom is -0.488 e. The zero-order valence-corrected chi connectivity index (χ0v) is 16.2. The summed E-state index contributed by atoms with van der Waals surface area (Å²) in [5.74, 6) is 0.745. The van der Waals surface area contributed by atoms with Crippen molar-refractivity contribution in [2.24, 2.45) is 0 Å². The molecule has 3 aromatic rings. The predicted molar refractivity (Wildman–Crippen MR) is 103 cm³/mol. The average Bonchev–Trinajstić information content (AvgIpc) is 3.10. The standard InChI is InChI=1S/C18H17ClN2O3S2/c19-16-6-7-17(25-16)26(22,23)21-11-8-14(9-12-21)24-15-5-1-3-13-4-2-10-20-18(13)15/h1-7,10,14H,8-9,11-12H2. The van der Waals surface area contributed by atoms with Gasteiger partial charge in [-0.15, -0.1) is 11.3 Å². The van der Waals surface area contributed by atoms with E-state index in [0.29, 0.717) is 34.5 Å². The molecule has 1 aromatic carbocycles. The highest BCUT2D eigenvalue weighted by atomic mass is 35.5. The van der Waals surface area contributed by atoms with Crippen molar-refractivity contribution in [3.05, 3.63) is 53.0 Å². The molecule has 0 saturated carbocycles. The van der Waals surface area contributed by atoms with Crippen LogP contribution in [0.15, 0.2) is 52.9 Å². The Kier molecular flexibility index (Phi) is 4.88. The van der Waals surface area contributed by atoms with Gasteiger partial charge in [0.1, 0.15) is 21.6 Å². The second-order valence-corrected chi connectivity index (χ2v) is 9.99. The monoisotopic (exact) mass is 408 g/mol. The third-order valence-corrected chi connectivity index (χ3v) is 8.03. The van der Waals surface area contributed by atoms with Gasteiger partial charge in [-0.25, -0.2) is 8.42 Å². The van der Waals surface area contributed by atoms with Gasteiger partial charge < -0.3 is 4.74 Å². The summed E-state index contributed by atoms with van der Waals surface area (Å²) in [5.41, 5.74) is 0.832. The number of benzene rings is 1. The molecule has 0 unspecified atom stereocenters. The fraction of sp³-hybridized carbons (Fsp3) is 0.278. The minimum absolute atomic E-state index is 0.0269. The first-order valence-corrected chi connectivity index (χ1v) is 10.9. The van der Waals surface area contributed by atoms with Gasteiger partial charge in [0.25, 0.3) is 10.0 Å². The van der Waals surface area contributed by atoms with Crippen molar-refractivity contribution in [2.45, 2.75) is 23.2 Å². The van der Waals surface area contributed by atoms with Crippen molar-refractivity contribution >= 4 is 43.9 Å². The topological polar surface area (TPSA) is 59.5 Å². The van der Waals surface area contributed by atoms with Gasteiger partial charge >= 0.3 is 0 Å². The van der Waals surface area contributed by atoms with E-state index in [1.807, 2.05) is 30.3 Å². The molecule has 1 fully saturated rings. The SMILES string of the molecule is O=S(=O)(c1ccc(Cl)s1)N1CCC(Oc2cccc3cccnc23)CC1. The molecule has 0 aliphatic carbocycles. The number of halogens is 1. The zero-order valence-electron chi connectivity index (χ0n) is 13.8. The van der Waals surface area contributed by atoms with Crippen LogP contribution in [0.4, 0.5) is 0 Å². The molecule has 1 aliphatic rings. The van der Waals surface area contributed by atoms with Crippen molar-refractivity contribution in [1.29, 1.82) is 0 Å². The third-order valence-electron chi connectivity index (χ3n) is 4.43. The summed E-state index contributed by atoms with van der Waals surface area (Å²) in [6.45, 7) is 0.863. The fourth-order valence-corrected chi connectivity index (χ4v) is 6.21. The maximum atomic E-state index is 12.7. The van der Waals surface area contributed by atoms with Crippen LogP contribution in [-0.2, 0) is 10.0 Å². The number of pyridine rings is 1. The molecule has 136 valence electrons. The van der Waals surface area contributed by atoms with Crippen molar-refractivity contribution in [2.75, 3.05) is 13.1 Å². The van der Waals surface area contributed by atoms with Crippen LogP contribution in [0.25, 0.3) is 10.9 Å². The van der Waals surface area contributed by atoms with Crippen molar-refractivity contribution in [3.63, 3.8) is 0 Å². The Hall–Kier alpha value is -1.67. The molecule has 0 N–H and O–H groups in total. The average molecular weight is 409 g/mol. The number of rotatable bonds is 4. The third kappa shape index (κ3) is 3.44. The Morgan fingerprint density at radius 2 is 1.88 bits per heavy atom. The summed E-state index contributed by atoms with van der Waals surface area (Å²) in [5, 5.41) is 1.03. The van der Waals surface area contributed by atoms with Gasteiger partial charge in [0.2, 0.25) is 0 Å². The molecule has 1 aliphatic heterocycles. The lowest BCUT2D eigenvalue weighted by Crippen LogP contribution is -2.41. The van der Waals surface area contributed by atoms with Crippen molar-refractivity contribution in [3.8, 4) is 5.75 Å². The lowest BCUT2D eigenvalue weighted by atomic mass is 10.1. The van der Waals surface area contributed by atoms with Crippen LogP contribution in [-0.4, -0.2) is 36.9 Å². The number of nitrogens with zero attached hydrogens (tertiary/aromatic N) is 2. The van der Waals surface area contributed by atoms with E-state index in [4.69, 9.17) is 16.3 Å². The molecule has 0 bridgehead atoms. The van der Waals surface area contributed by atoms with E-state index < -0.39 is 10.0 Å². The number of aromatic nitrogens is 1. The van der Waals surface area contributed by atoms with Crippen molar-refractivity contribution < 1.29 is 13.2 Å². The largest absolute Gasteiger partial charge is 0.488 e. The summed E-state index contributed by atoms with van der Waals surface area (Å²) >= 11 is 6.97. The van der Waals surface area contributed by atoms with Crippen molar-refractivity contribution in [1.82, 2.24) is 9.29 Å². The van der Waals surface area contributed by atoms with Gasteiger partial charge in [0.05, 0.1) is 4.34 Å². The van der Waals surface area contributed by atoms with Gasteiger partial charge in [-0.2, -0.15) is 4.31 Å². The maximum absolute atomic E-state index is 12.7. The number of para-hydroxylation sites is 1. The lowest BCUT2D eigenvalue weighted by molar-refractivity contribution is 0.136. The zero-order chi connectivity index (χ0) is 18.1. The number of hydrogen-bond donors (Lipinski definition) is 0. The molecule has 4 rings (SSSR count). The fourth-order valence-electron chi connectivity index (χ4n) is 3.10. The Labute approximate surface area is 161 Å². The molecule has 1 saturated heterocycles.